The van der Waals surface area contributed by atoms with Crippen LogP contribution in [0.4, 0.5) is 0 Å². The summed E-state index contributed by atoms with van der Waals surface area (Å²) in [6.07, 6.45) is 7.53. The van der Waals surface area contributed by atoms with Crippen LogP contribution in [-0.4, -0.2) is 18.0 Å². The molecule has 2 heteroatoms. The summed E-state index contributed by atoms with van der Waals surface area (Å²) >= 11 is 0. The zero-order valence-electron chi connectivity index (χ0n) is 9.38. The Hall–Kier alpha value is -0.530. The Kier molecular flexibility index (Phi) is 2.80. The third-order valence-electron chi connectivity index (χ3n) is 3.86. The third kappa shape index (κ3) is 1.67. The van der Waals surface area contributed by atoms with Crippen molar-refractivity contribution < 1.29 is 4.74 Å². The highest BCUT2D eigenvalue weighted by atomic mass is 16.5. The van der Waals surface area contributed by atoms with Crippen LogP contribution in [0.25, 0.3) is 0 Å². The predicted molar refractivity (Wildman–Crippen MR) is 58.7 cm³/mol. The molecule has 1 aliphatic heterocycles. The van der Waals surface area contributed by atoms with Gasteiger partial charge in [-0.3, -0.25) is 0 Å². The molecule has 0 aromatic heterocycles. The molecule has 0 aromatic carbocycles. The van der Waals surface area contributed by atoms with Crippen LogP contribution in [-0.2, 0) is 4.74 Å². The van der Waals surface area contributed by atoms with Crippen molar-refractivity contribution in [3.05, 3.63) is 0 Å². The molecule has 0 bridgehead atoms. The van der Waals surface area contributed by atoms with Crippen LogP contribution < -0.4 is 0 Å². The first-order valence-electron chi connectivity index (χ1n) is 6.02. The van der Waals surface area contributed by atoms with Crippen LogP contribution in [0.15, 0.2) is 4.99 Å². The highest BCUT2D eigenvalue weighted by molar-refractivity contribution is 5.81. The highest BCUT2D eigenvalue weighted by Gasteiger charge is 2.36. The summed E-state index contributed by atoms with van der Waals surface area (Å²) in [5.74, 6) is 1.72. The average molecular weight is 195 g/mol. The number of ether oxygens (including phenoxy) is 1. The van der Waals surface area contributed by atoms with E-state index in [0.717, 1.165) is 25.3 Å². The number of aliphatic imine (C=N–C) groups is 1. The number of rotatable bonds is 3. The number of nitrogens with zero attached hydrogens (tertiary/aromatic N) is 1. The summed E-state index contributed by atoms with van der Waals surface area (Å²) in [6, 6.07) is 0. The molecule has 1 heterocycles. The Morgan fingerprint density at radius 2 is 1.93 bits per heavy atom. The van der Waals surface area contributed by atoms with Crippen LogP contribution in [0.1, 0.15) is 52.4 Å². The van der Waals surface area contributed by atoms with Crippen molar-refractivity contribution in [3.63, 3.8) is 0 Å². The van der Waals surface area contributed by atoms with E-state index in [1.165, 1.54) is 25.7 Å². The first-order valence-corrected chi connectivity index (χ1v) is 6.02. The summed E-state index contributed by atoms with van der Waals surface area (Å²) in [6.45, 7) is 5.26. The highest BCUT2D eigenvalue weighted by Crippen LogP contribution is 2.33. The second kappa shape index (κ2) is 3.92. The van der Waals surface area contributed by atoms with E-state index in [4.69, 9.17) is 9.73 Å². The SMILES string of the molecule is CCC1(CC)COC(C2CCCC2)=N1. The normalized spacial score (nSPS) is 26.3. The summed E-state index contributed by atoms with van der Waals surface area (Å²) in [5, 5.41) is 0. The van der Waals surface area contributed by atoms with E-state index in [1.54, 1.807) is 0 Å². The van der Waals surface area contributed by atoms with Gasteiger partial charge in [-0.2, -0.15) is 0 Å². The van der Waals surface area contributed by atoms with Crippen molar-refractivity contribution in [2.24, 2.45) is 10.9 Å². The van der Waals surface area contributed by atoms with E-state index in [1.807, 2.05) is 0 Å². The van der Waals surface area contributed by atoms with Gasteiger partial charge in [0.15, 0.2) is 5.90 Å². The maximum atomic E-state index is 5.78. The minimum Gasteiger partial charge on any atom is -0.478 e. The quantitative estimate of drug-likeness (QED) is 0.678. The van der Waals surface area contributed by atoms with Crippen molar-refractivity contribution in [1.29, 1.82) is 0 Å². The molecule has 80 valence electrons. The summed E-state index contributed by atoms with van der Waals surface area (Å²) in [5.41, 5.74) is 0.123. The lowest BCUT2D eigenvalue weighted by atomic mass is 9.95. The van der Waals surface area contributed by atoms with Crippen LogP contribution in [0, 0.1) is 5.92 Å². The zero-order chi connectivity index (χ0) is 10.0. The lowest BCUT2D eigenvalue weighted by molar-refractivity contribution is 0.235. The first kappa shape index (κ1) is 10.0. The van der Waals surface area contributed by atoms with Crippen molar-refractivity contribution in [3.8, 4) is 0 Å². The van der Waals surface area contributed by atoms with Gasteiger partial charge in [-0.1, -0.05) is 26.7 Å². The molecule has 0 N–H and O–H groups in total. The molecular formula is C12H21NO. The van der Waals surface area contributed by atoms with Crippen LogP contribution in [0.3, 0.4) is 0 Å². The zero-order valence-corrected chi connectivity index (χ0v) is 9.38. The summed E-state index contributed by atoms with van der Waals surface area (Å²) < 4.78 is 5.78. The Bertz CT molecular complexity index is 224. The van der Waals surface area contributed by atoms with Gasteiger partial charge in [-0.05, 0) is 25.7 Å². The van der Waals surface area contributed by atoms with E-state index >= 15 is 0 Å². The molecule has 14 heavy (non-hydrogen) atoms. The summed E-state index contributed by atoms with van der Waals surface area (Å²) in [4.78, 5) is 4.83. The maximum absolute atomic E-state index is 5.78. The van der Waals surface area contributed by atoms with Gasteiger partial charge < -0.3 is 4.74 Å². The van der Waals surface area contributed by atoms with E-state index in [9.17, 15) is 0 Å². The fraction of sp³-hybridized carbons (Fsp3) is 0.917. The molecule has 1 saturated carbocycles. The van der Waals surface area contributed by atoms with Gasteiger partial charge in [0.05, 0.1) is 5.54 Å². The Morgan fingerprint density at radius 1 is 1.29 bits per heavy atom. The monoisotopic (exact) mass is 195 g/mol. The number of hydrogen-bond donors (Lipinski definition) is 0. The first-order chi connectivity index (χ1) is 6.79. The van der Waals surface area contributed by atoms with E-state index in [-0.39, 0.29) is 5.54 Å². The van der Waals surface area contributed by atoms with Gasteiger partial charge in [-0.15, -0.1) is 0 Å². The van der Waals surface area contributed by atoms with Gasteiger partial charge in [0.2, 0.25) is 0 Å². The molecule has 0 atom stereocenters. The van der Waals surface area contributed by atoms with Crippen molar-refractivity contribution >= 4 is 5.90 Å². The minimum absolute atomic E-state index is 0.123. The molecule has 2 rings (SSSR count). The lowest BCUT2D eigenvalue weighted by Crippen LogP contribution is -2.25. The van der Waals surface area contributed by atoms with Crippen LogP contribution >= 0.6 is 0 Å². The van der Waals surface area contributed by atoms with E-state index in [2.05, 4.69) is 13.8 Å². The molecule has 0 saturated heterocycles. The van der Waals surface area contributed by atoms with Gasteiger partial charge in [0.25, 0.3) is 0 Å². The van der Waals surface area contributed by atoms with Crippen molar-refractivity contribution in [2.45, 2.75) is 57.9 Å². The van der Waals surface area contributed by atoms with Crippen molar-refractivity contribution in [2.75, 3.05) is 6.61 Å². The molecule has 0 amide bonds. The Balaban J connectivity index is 2.07. The molecule has 0 radical (unpaired) electrons. The van der Waals surface area contributed by atoms with Crippen LogP contribution in [0.2, 0.25) is 0 Å². The fourth-order valence-electron chi connectivity index (χ4n) is 2.50. The van der Waals surface area contributed by atoms with Gasteiger partial charge in [0.1, 0.15) is 6.61 Å². The maximum Gasteiger partial charge on any atom is 0.187 e. The molecule has 2 aliphatic rings. The second-order valence-corrected chi connectivity index (χ2v) is 4.65. The van der Waals surface area contributed by atoms with E-state index < -0.39 is 0 Å². The average Bonchev–Trinajstić information content (AvgIpc) is 2.87. The van der Waals surface area contributed by atoms with Gasteiger partial charge in [0, 0.05) is 5.92 Å². The Labute approximate surface area is 86.8 Å². The van der Waals surface area contributed by atoms with E-state index in [0.29, 0.717) is 5.92 Å². The molecule has 1 aliphatic carbocycles. The standard InChI is InChI=1S/C12H21NO/c1-3-12(4-2)9-14-11(13-12)10-7-5-6-8-10/h10H,3-9H2,1-2H3. The molecule has 0 aromatic rings. The molecule has 0 unspecified atom stereocenters. The molecule has 2 nitrogen and oxygen atoms in total. The smallest absolute Gasteiger partial charge is 0.187 e. The summed E-state index contributed by atoms with van der Waals surface area (Å²) in [7, 11) is 0. The molecule has 1 fully saturated rings. The minimum atomic E-state index is 0.123. The third-order valence-corrected chi connectivity index (χ3v) is 3.86. The van der Waals surface area contributed by atoms with Gasteiger partial charge >= 0.3 is 0 Å². The Morgan fingerprint density at radius 3 is 2.43 bits per heavy atom. The van der Waals surface area contributed by atoms with Crippen LogP contribution in [0.5, 0.6) is 0 Å². The molecular weight excluding hydrogens is 174 g/mol. The predicted octanol–water partition coefficient (Wildman–Crippen LogP) is 3.16. The lowest BCUT2D eigenvalue weighted by Gasteiger charge is -2.18. The van der Waals surface area contributed by atoms with Gasteiger partial charge in [-0.25, -0.2) is 4.99 Å². The largest absolute Gasteiger partial charge is 0.478 e. The fourth-order valence-corrected chi connectivity index (χ4v) is 2.50. The van der Waals surface area contributed by atoms with Crippen molar-refractivity contribution in [1.82, 2.24) is 0 Å². The second-order valence-electron chi connectivity index (χ2n) is 4.65. The molecule has 0 spiro atoms. The number of hydrogen-bond acceptors (Lipinski definition) is 2. The topological polar surface area (TPSA) is 21.6 Å².